The number of aliphatic hydroxyl groups is 1. The average Bonchev–Trinajstić information content (AvgIpc) is 2.14. The van der Waals surface area contributed by atoms with Gasteiger partial charge in [-0.15, -0.1) is 0 Å². The summed E-state index contributed by atoms with van der Waals surface area (Å²) < 4.78 is 0. The van der Waals surface area contributed by atoms with Crippen molar-refractivity contribution in [2.75, 3.05) is 18.0 Å². The lowest BCUT2D eigenvalue weighted by Crippen LogP contribution is -2.62. The van der Waals surface area contributed by atoms with Crippen LogP contribution in [0.4, 0.5) is 5.82 Å². The van der Waals surface area contributed by atoms with Gasteiger partial charge in [-0.2, -0.15) is 0 Å². The maximum absolute atomic E-state index is 10.0. The van der Waals surface area contributed by atoms with Gasteiger partial charge in [0.15, 0.2) is 0 Å². The predicted molar refractivity (Wildman–Crippen MR) is 61.0 cm³/mol. The van der Waals surface area contributed by atoms with Crippen LogP contribution in [0, 0.1) is 6.92 Å². The van der Waals surface area contributed by atoms with E-state index in [1.165, 1.54) is 0 Å². The Bertz CT molecular complexity index is 345. The number of hydrogen-bond donors (Lipinski definition) is 1. The Morgan fingerprint density at radius 3 is 2.80 bits per heavy atom. The highest BCUT2D eigenvalue weighted by atomic mass is 16.3. The summed E-state index contributed by atoms with van der Waals surface area (Å²) in [5, 5.41) is 10.0. The fourth-order valence-corrected chi connectivity index (χ4v) is 2.15. The van der Waals surface area contributed by atoms with E-state index in [1.807, 2.05) is 25.1 Å². The molecule has 1 aromatic rings. The molecule has 0 atom stereocenters. The van der Waals surface area contributed by atoms with Crippen molar-refractivity contribution in [3.63, 3.8) is 0 Å². The number of aromatic nitrogens is 1. The normalized spacial score (nSPS) is 18.7. The van der Waals surface area contributed by atoms with Crippen molar-refractivity contribution in [1.82, 2.24) is 4.98 Å². The second-order valence-corrected chi connectivity index (χ2v) is 4.47. The van der Waals surface area contributed by atoms with Crippen molar-refractivity contribution in [2.45, 2.75) is 32.3 Å². The molecule has 3 heteroatoms. The van der Waals surface area contributed by atoms with Gasteiger partial charge in [0.05, 0.1) is 5.60 Å². The summed E-state index contributed by atoms with van der Waals surface area (Å²) in [5.41, 5.74) is 0.554. The molecule has 0 radical (unpaired) electrons. The molecule has 1 saturated heterocycles. The number of hydrogen-bond acceptors (Lipinski definition) is 3. The van der Waals surface area contributed by atoms with E-state index >= 15 is 0 Å². The zero-order chi connectivity index (χ0) is 10.9. The number of rotatable bonds is 3. The van der Waals surface area contributed by atoms with E-state index in [9.17, 15) is 5.11 Å². The van der Waals surface area contributed by atoms with Gasteiger partial charge < -0.3 is 10.0 Å². The van der Waals surface area contributed by atoms with E-state index in [0.29, 0.717) is 0 Å². The Balaban J connectivity index is 2.00. The molecule has 0 saturated carbocycles. The standard InChI is InChI=1S/C12H18N2O/c1-3-7-12(15)8-14(9-12)11-6-4-5-10(2)13-11/h4-6,15H,3,7-9H2,1-2H3. The molecule has 1 aromatic heterocycles. The summed E-state index contributed by atoms with van der Waals surface area (Å²) in [4.78, 5) is 6.56. The molecular weight excluding hydrogens is 188 g/mol. The van der Waals surface area contributed by atoms with Gasteiger partial charge in [0.2, 0.25) is 0 Å². The summed E-state index contributed by atoms with van der Waals surface area (Å²) in [7, 11) is 0. The van der Waals surface area contributed by atoms with Crippen LogP contribution in [0.5, 0.6) is 0 Å². The summed E-state index contributed by atoms with van der Waals surface area (Å²) in [6.45, 7) is 5.53. The number of β-amino-alcohol motifs (C(OH)–C–C–N with tert-alkyl or cyclic N) is 1. The van der Waals surface area contributed by atoms with Gasteiger partial charge in [-0.1, -0.05) is 19.4 Å². The summed E-state index contributed by atoms with van der Waals surface area (Å²) in [6, 6.07) is 5.99. The van der Waals surface area contributed by atoms with E-state index in [2.05, 4.69) is 16.8 Å². The second-order valence-electron chi connectivity index (χ2n) is 4.47. The molecular formula is C12H18N2O. The molecule has 15 heavy (non-hydrogen) atoms. The molecule has 3 nitrogen and oxygen atoms in total. The Morgan fingerprint density at radius 2 is 2.20 bits per heavy atom. The van der Waals surface area contributed by atoms with Gasteiger partial charge in [-0.25, -0.2) is 4.98 Å². The summed E-state index contributed by atoms with van der Waals surface area (Å²) in [6.07, 6.45) is 1.92. The molecule has 0 amide bonds. The monoisotopic (exact) mass is 206 g/mol. The van der Waals surface area contributed by atoms with Crippen LogP contribution in [-0.4, -0.2) is 28.8 Å². The number of nitrogens with zero attached hydrogens (tertiary/aromatic N) is 2. The van der Waals surface area contributed by atoms with Gasteiger partial charge in [0, 0.05) is 18.8 Å². The fourth-order valence-electron chi connectivity index (χ4n) is 2.15. The van der Waals surface area contributed by atoms with Crippen LogP contribution in [0.15, 0.2) is 18.2 Å². The van der Waals surface area contributed by atoms with Crippen molar-refractivity contribution < 1.29 is 5.11 Å². The zero-order valence-electron chi connectivity index (χ0n) is 9.40. The van der Waals surface area contributed by atoms with Crippen LogP contribution in [0.2, 0.25) is 0 Å². The first-order valence-corrected chi connectivity index (χ1v) is 5.54. The Labute approximate surface area is 90.8 Å². The maximum Gasteiger partial charge on any atom is 0.128 e. The van der Waals surface area contributed by atoms with Crippen LogP contribution in [-0.2, 0) is 0 Å². The molecule has 1 aliphatic rings. The summed E-state index contributed by atoms with van der Waals surface area (Å²) in [5.74, 6) is 0.982. The molecule has 2 rings (SSSR count). The fraction of sp³-hybridized carbons (Fsp3) is 0.583. The van der Waals surface area contributed by atoms with Gasteiger partial charge in [0.1, 0.15) is 5.82 Å². The minimum Gasteiger partial charge on any atom is -0.386 e. The third-order valence-corrected chi connectivity index (χ3v) is 2.88. The van der Waals surface area contributed by atoms with E-state index < -0.39 is 5.60 Å². The van der Waals surface area contributed by atoms with Crippen molar-refractivity contribution >= 4 is 5.82 Å². The van der Waals surface area contributed by atoms with Crippen LogP contribution in [0.25, 0.3) is 0 Å². The number of aryl methyl sites for hydroxylation is 1. The highest BCUT2D eigenvalue weighted by Gasteiger charge is 2.40. The zero-order valence-corrected chi connectivity index (χ0v) is 9.40. The minimum atomic E-state index is -0.472. The van der Waals surface area contributed by atoms with Crippen LogP contribution in [0.3, 0.4) is 0 Å². The largest absolute Gasteiger partial charge is 0.386 e. The van der Waals surface area contributed by atoms with Crippen molar-refractivity contribution in [2.24, 2.45) is 0 Å². The van der Waals surface area contributed by atoms with E-state index in [4.69, 9.17) is 0 Å². The lowest BCUT2D eigenvalue weighted by atomic mass is 9.89. The number of pyridine rings is 1. The van der Waals surface area contributed by atoms with E-state index in [1.54, 1.807) is 0 Å². The lowest BCUT2D eigenvalue weighted by molar-refractivity contribution is 0.00293. The van der Waals surface area contributed by atoms with E-state index in [-0.39, 0.29) is 0 Å². The molecule has 0 aliphatic carbocycles. The third-order valence-electron chi connectivity index (χ3n) is 2.88. The number of anilines is 1. The molecule has 0 unspecified atom stereocenters. The maximum atomic E-state index is 10.0. The van der Waals surface area contributed by atoms with Crippen molar-refractivity contribution in [1.29, 1.82) is 0 Å². The van der Waals surface area contributed by atoms with Crippen LogP contribution in [0.1, 0.15) is 25.5 Å². The van der Waals surface area contributed by atoms with Crippen LogP contribution < -0.4 is 4.90 Å². The van der Waals surface area contributed by atoms with E-state index in [0.717, 1.165) is 37.4 Å². The molecule has 82 valence electrons. The first kappa shape index (κ1) is 10.4. The first-order chi connectivity index (χ1) is 7.13. The quantitative estimate of drug-likeness (QED) is 0.818. The van der Waals surface area contributed by atoms with Gasteiger partial charge in [-0.05, 0) is 25.5 Å². The Morgan fingerprint density at radius 1 is 1.47 bits per heavy atom. The SMILES string of the molecule is CCCC1(O)CN(c2cccc(C)n2)C1. The smallest absolute Gasteiger partial charge is 0.128 e. The predicted octanol–water partition coefficient (Wildman–Crippen LogP) is 1.74. The topological polar surface area (TPSA) is 36.4 Å². The second kappa shape index (κ2) is 3.81. The average molecular weight is 206 g/mol. The molecule has 1 aliphatic heterocycles. The highest BCUT2D eigenvalue weighted by molar-refractivity contribution is 5.44. The minimum absolute atomic E-state index is 0.472. The molecule has 0 bridgehead atoms. The Kier molecular flexibility index (Phi) is 2.65. The van der Waals surface area contributed by atoms with Gasteiger partial charge in [0.25, 0.3) is 0 Å². The van der Waals surface area contributed by atoms with Gasteiger partial charge in [-0.3, -0.25) is 0 Å². The van der Waals surface area contributed by atoms with Crippen molar-refractivity contribution in [3.8, 4) is 0 Å². The van der Waals surface area contributed by atoms with Gasteiger partial charge >= 0.3 is 0 Å². The molecule has 0 aromatic carbocycles. The van der Waals surface area contributed by atoms with Crippen LogP contribution >= 0.6 is 0 Å². The highest BCUT2D eigenvalue weighted by Crippen LogP contribution is 2.29. The molecule has 0 spiro atoms. The Hall–Kier alpha value is -1.09. The molecule has 1 N–H and O–H groups in total. The first-order valence-electron chi connectivity index (χ1n) is 5.54. The molecule has 1 fully saturated rings. The molecule has 2 heterocycles. The lowest BCUT2D eigenvalue weighted by Gasteiger charge is -2.47. The summed E-state index contributed by atoms with van der Waals surface area (Å²) >= 11 is 0. The van der Waals surface area contributed by atoms with Crippen molar-refractivity contribution in [3.05, 3.63) is 23.9 Å². The third kappa shape index (κ3) is 2.12.